The second-order valence-corrected chi connectivity index (χ2v) is 6.51. The van der Waals surface area contributed by atoms with Crippen LogP contribution in [0.5, 0.6) is 0 Å². The van der Waals surface area contributed by atoms with Crippen molar-refractivity contribution < 1.29 is 9.18 Å². The van der Waals surface area contributed by atoms with Crippen LogP contribution in [0.15, 0.2) is 30.6 Å². The molecular weight excluding hydrogens is 281 g/mol. The smallest absolute Gasteiger partial charge is 0.252 e. The maximum atomic E-state index is 13.8. The first-order valence-corrected chi connectivity index (χ1v) is 7.70. The number of nitrogens with two attached hydrogens (primary N) is 1. The van der Waals surface area contributed by atoms with Crippen molar-refractivity contribution in [2.45, 2.75) is 37.8 Å². The largest absolute Gasteiger partial charge is 0.349 e. The molecule has 5 heteroatoms. The van der Waals surface area contributed by atoms with Gasteiger partial charge in [-0.1, -0.05) is 6.42 Å². The SMILES string of the molecule is NC1CC(NC(=O)c2cc(F)cc3ccncc23)C12CCC2. The van der Waals surface area contributed by atoms with Crippen molar-refractivity contribution in [3.8, 4) is 0 Å². The van der Waals surface area contributed by atoms with Gasteiger partial charge >= 0.3 is 0 Å². The second-order valence-electron chi connectivity index (χ2n) is 6.51. The third-order valence-corrected chi connectivity index (χ3v) is 5.48. The van der Waals surface area contributed by atoms with E-state index in [1.54, 1.807) is 18.5 Å². The minimum absolute atomic E-state index is 0.0804. The van der Waals surface area contributed by atoms with Gasteiger partial charge in [-0.05, 0) is 42.8 Å². The van der Waals surface area contributed by atoms with Crippen molar-refractivity contribution in [1.29, 1.82) is 0 Å². The minimum atomic E-state index is -0.410. The van der Waals surface area contributed by atoms with Crippen LogP contribution >= 0.6 is 0 Å². The number of nitrogens with one attached hydrogen (secondary N) is 1. The predicted molar refractivity (Wildman–Crippen MR) is 81.8 cm³/mol. The molecule has 2 fully saturated rings. The summed E-state index contributed by atoms with van der Waals surface area (Å²) >= 11 is 0. The van der Waals surface area contributed by atoms with Crippen LogP contribution in [0.4, 0.5) is 4.39 Å². The number of halogens is 1. The van der Waals surface area contributed by atoms with E-state index in [9.17, 15) is 9.18 Å². The fourth-order valence-electron chi connectivity index (χ4n) is 3.91. The molecule has 2 aliphatic carbocycles. The molecule has 0 radical (unpaired) electrons. The molecule has 1 aromatic carbocycles. The number of nitrogens with zero attached hydrogens (tertiary/aromatic N) is 1. The van der Waals surface area contributed by atoms with Crippen LogP contribution < -0.4 is 11.1 Å². The summed E-state index contributed by atoms with van der Waals surface area (Å²) < 4.78 is 13.8. The van der Waals surface area contributed by atoms with E-state index in [4.69, 9.17) is 5.73 Å². The van der Waals surface area contributed by atoms with E-state index < -0.39 is 5.82 Å². The number of aromatic nitrogens is 1. The van der Waals surface area contributed by atoms with Crippen LogP contribution in [0.1, 0.15) is 36.0 Å². The van der Waals surface area contributed by atoms with E-state index >= 15 is 0 Å². The van der Waals surface area contributed by atoms with E-state index in [0.29, 0.717) is 16.3 Å². The average Bonchev–Trinajstić information content (AvgIpc) is 2.43. The summed E-state index contributed by atoms with van der Waals surface area (Å²) in [6, 6.07) is 4.70. The molecular formula is C17H18FN3O. The molecule has 1 spiro atoms. The Hall–Kier alpha value is -2.01. The van der Waals surface area contributed by atoms with Crippen molar-refractivity contribution >= 4 is 16.7 Å². The van der Waals surface area contributed by atoms with Gasteiger partial charge in [-0.3, -0.25) is 9.78 Å². The number of carbonyl (C=O) groups excluding carboxylic acids is 1. The lowest BCUT2D eigenvalue weighted by molar-refractivity contribution is -0.0389. The van der Waals surface area contributed by atoms with Crippen LogP contribution in [0.25, 0.3) is 10.8 Å². The van der Waals surface area contributed by atoms with Gasteiger partial charge < -0.3 is 11.1 Å². The van der Waals surface area contributed by atoms with E-state index in [1.807, 2.05) is 0 Å². The fourth-order valence-corrected chi connectivity index (χ4v) is 3.91. The lowest BCUT2D eigenvalue weighted by Gasteiger charge is -2.60. The molecule has 2 saturated carbocycles. The molecule has 2 unspecified atom stereocenters. The van der Waals surface area contributed by atoms with Crippen molar-refractivity contribution in [2.75, 3.05) is 0 Å². The van der Waals surface area contributed by atoms with E-state index in [-0.39, 0.29) is 23.4 Å². The Morgan fingerprint density at radius 1 is 1.41 bits per heavy atom. The predicted octanol–water partition coefficient (Wildman–Crippen LogP) is 2.37. The highest BCUT2D eigenvalue weighted by atomic mass is 19.1. The lowest BCUT2D eigenvalue weighted by Crippen LogP contribution is -2.69. The molecule has 3 N–H and O–H groups in total. The molecule has 4 rings (SSSR count). The summed E-state index contributed by atoms with van der Waals surface area (Å²) in [5, 5.41) is 4.42. The Labute approximate surface area is 127 Å². The number of hydrogen-bond donors (Lipinski definition) is 2. The van der Waals surface area contributed by atoms with Gasteiger partial charge in [-0.25, -0.2) is 4.39 Å². The van der Waals surface area contributed by atoms with Crippen molar-refractivity contribution in [3.63, 3.8) is 0 Å². The third kappa shape index (κ3) is 1.85. The maximum Gasteiger partial charge on any atom is 0.252 e. The highest BCUT2D eigenvalue weighted by molar-refractivity contribution is 6.07. The van der Waals surface area contributed by atoms with Gasteiger partial charge in [0.2, 0.25) is 0 Å². The molecule has 114 valence electrons. The molecule has 1 heterocycles. The van der Waals surface area contributed by atoms with Crippen LogP contribution in [0.2, 0.25) is 0 Å². The Kier molecular flexibility index (Phi) is 2.94. The highest BCUT2D eigenvalue weighted by Gasteiger charge is 2.57. The van der Waals surface area contributed by atoms with E-state index in [0.717, 1.165) is 19.3 Å². The Bertz CT molecular complexity index is 757. The first-order chi connectivity index (χ1) is 10.6. The van der Waals surface area contributed by atoms with Gasteiger partial charge in [-0.2, -0.15) is 0 Å². The first kappa shape index (κ1) is 13.6. The number of pyridine rings is 1. The topological polar surface area (TPSA) is 68.0 Å². The second kappa shape index (κ2) is 4.74. The zero-order valence-electron chi connectivity index (χ0n) is 12.2. The molecule has 22 heavy (non-hydrogen) atoms. The van der Waals surface area contributed by atoms with Crippen molar-refractivity contribution in [1.82, 2.24) is 10.3 Å². The highest BCUT2D eigenvalue weighted by Crippen LogP contribution is 2.55. The summed E-state index contributed by atoms with van der Waals surface area (Å²) in [5.41, 5.74) is 6.54. The molecule has 0 saturated heterocycles. The average molecular weight is 299 g/mol. The lowest BCUT2D eigenvalue weighted by atomic mass is 9.50. The van der Waals surface area contributed by atoms with E-state index in [1.165, 1.54) is 18.6 Å². The zero-order valence-corrected chi connectivity index (χ0v) is 12.2. The minimum Gasteiger partial charge on any atom is -0.349 e. The zero-order chi connectivity index (χ0) is 15.3. The van der Waals surface area contributed by atoms with Crippen LogP contribution in [-0.4, -0.2) is 23.0 Å². The number of carbonyl (C=O) groups is 1. The number of fused-ring (bicyclic) bond motifs is 1. The van der Waals surface area contributed by atoms with Gasteiger partial charge in [-0.15, -0.1) is 0 Å². The summed E-state index contributed by atoms with van der Waals surface area (Å²) in [4.78, 5) is 16.6. The van der Waals surface area contributed by atoms with Crippen LogP contribution in [-0.2, 0) is 0 Å². The monoisotopic (exact) mass is 299 g/mol. The number of rotatable bonds is 2. The molecule has 4 nitrogen and oxygen atoms in total. The normalized spacial score (nSPS) is 25.5. The molecule has 1 aromatic heterocycles. The summed E-state index contributed by atoms with van der Waals surface area (Å²) in [6.45, 7) is 0. The third-order valence-electron chi connectivity index (χ3n) is 5.48. The van der Waals surface area contributed by atoms with Crippen LogP contribution in [0.3, 0.4) is 0 Å². The summed E-state index contributed by atoms with van der Waals surface area (Å²) in [6.07, 6.45) is 7.33. The molecule has 2 atom stereocenters. The summed E-state index contributed by atoms with van der Waals surface area (Å²) in [7, 11) is 0. The number of hydrogen-bond acceptors (Lipinski definition) is 3. The molecule has 0 bridgehead atoms. The number of benzene rings is 1. The standard InChI is InChI=1S/C17H18FN3O/c18-11-6-10-2-5-20-9-13(10)12(7-11)16(22)21-15-8-14(19)17(15)3-1-4-17/h2,5-7,9,14-15H,1,3-4,8,19H2,(H,21,22). The van der Waals surface area contributed by atoms with Gasteiger partial charge in [0.15, 0.2) is 0 Å². The quantitative estimate of drug-likeness (QED) is 0.894. The molecule has 0 aliphatic heterocycles. The molecule has 2 aliphatic rings. The Balaban J connectivity index is 1.64. The van der Waals surface area contributed by atoms with Gasteiger partial charge in [0.25, 0.3) is 5.91 Å². The Morgan fingerprint density at radius 2 is 2.23 bits per heavy atom. The summed E-state index contributed by atoms with van der Waals surface area (Å²) in [5.74, 6) is -0.645. The van der Waals surface area contributed by atoms with Gasteiger partial charge in [0, 0.05) is 35.3 Å². The van der Waals surface area contributed by atoms with Gasteiger partial charge in [0.1, 0.15) is 5.82 Å². The van der Waals surface area contributed by atoms with Crippen LogP contribution in [0, 0.1) is 11.2 Å². The maximum absolute atomic E-state index is 13.8. The van der Waals surface area contributed by atoms with Gasteiger partial charge in [0.05, 0.1) is 5.56 Å². The van der Waals surface area contributed by atoms with Crippen molar-refractivity contribution in [2.24, 2.45) is 11.1 Å². The first-order valence-electron chi connectivity index (χ1n) is 7.70. The number of amides is 1. The van der Waals surface area contributed by atoms with Crippen molar-refractivity contribution in [3.05, 3.63) is 42.0 Å². The molecule has 1 amide bonds. The fraction of sp³-hybridized carbons (Fsp3) is 0.412. The molecule has 2 aromatic rings. The Morgan fingerprint density at radius 3 is 2.91 bits per heavy atom. The van der Waals surface area contributed by atoms with E-state index in [2.05, 4.69) is 10.3 Å².